The molecule has 3 aromatic rings. The van der Waals surface area contributed by atoms with Gasteiger partial charge in [-0.2, -0.15) is 10.5 Å². The second-order valence-electron chi connectivity index (χ2n) is 6.60. The number of benzene rings is 3. The van der Waals surface area contributed by atoms with Crippen LogP contribution >= 0.6 is 0 Å². The molecule has 0 spiro atoms. The van der Waals surface area contributed by atoms with Crippen LogP contribution in [-0.2, 0) is 0 Å². The molecule has 0 fully saturated rings. The first-order valence-electron chi connectivity index (χ1n) is 9.08. The van der Waals surface area contributed by atoms with Crippen LogP contribution < -0.4 is 0 Å². The van der Waals surface area contributed by atoms with E-state index >= 15 is 0 Å². The van der Waals surface area contributed by atoms with Gasteiger partial charge in [0.15, 0.2) is 0 Å². The van der Waals surface area contributed by atoms with Gasteiger partial charge >= 0.3 is 0 Å². The second-order valence-corrected chi connectivity index (χ2v) is 6.60. The summed E-state index contributed by atoms with van der Waals surface area (Å²) in [7, 11) is 0. The molecule has 0 radical (unpaired) electrons. The van der Waals surface area contributed by atoms with Crippen LogP contribution in [0.25, 0.3) is 23.3 Å². The van der Waals surface area contributed by atoms with Crippen LogP contribution in [0, 0.1) is 36.5 Å². The third-order valence-corrected chi connectivity index (χ3v) is 4.71. The number of nitrogens with zero attached hydrogens (tertiary/aromatic N) is 2. The highest BCUT2D eigenvalue weighted by Crippen LogP contribution is 2.26. The number of nitriles is 2. The van der Waals surface area contributed by atoms with Crippen LogP contribution in [0.2, 0.25) is 0 Å². The quantitative estimate of drug-likeness (QED) is 0.397. The second kappa shape index (κ2) is 8.67. The van der Waals surface area contributed by atoms with E-state index in [1.54, 1.807) is 0 Å². The monoisotopic (exact) mass is 360 g/mol. The zero-order chi connectivity index (χ0) is 19.9. The molecule has 0 unspecified atom stereocenters. The zero-order valence-electron chi connectivity index (χ0n) is 16.0. The van der Waals surface area contributed by atoms with Gasteiger partial charge in [0, 0.05) is 0 Å². The maximum absolute atomic E-state index is 9.71. The van der Waals surface area contributed by atoms with E-state index in [-0.39, 0.29) is 0 Å². The summed E-state index contributed by atoms with van der Waals surface area (Å²) in [6.45, 7) is 4.00. The molecule has 0 bridgehead atoms. The lowest BCUT2D eigenvalue weighted by molar-refractivity contribution is 1.42. The van der Waals surface area contributed by atoms with Crippen molar-refractivity contribution in [3.8, 4) is 12.1 Å². The van der Waals surface area contributed by atoms with Crippen molar-refractivity contribution < 1.29 is 0 Å². The molecular weight excluding hydrogens is 340 g/mol. The van der Waals surface area contributed by atoms with Crippen molar-refractivity contribution in [2.24, 2.45) is 0 Å². The van der Waals surface area contributed by atoms with Crippen LogP contribution in [0.5, 0.6) is 0 Å². The summed E-state index contributed by atoms with van der Waals surface area (Å²) < 4.78 is 0. The summed E-state index contributed by atoms with van der Waals surface area (Å²) in [5.74, 6) is 0. The van der Waals surface area contributed by atoms with E-state index in [1.165, 1.54) is 0 Å². The third-order valence-electron chi connectivity index (χ3n) is 4.71. The topological polar surface area (TPSA) is 47.6 Å². The maximum Gasteiger partial charge on any atom is 0.0998 e. The molecule has 0 amide bonds. The lowest BCUT2D eigenvalue weighted by Gasteiger charge is -2.08. The summed E-state index contributed by atoms with van der Waals surface area (Å²) in [5, 5.41) is 19.4. The van der Waals surface area contributed by atoms with Crippen molar-refractivity contribution in [3.05, 3.63) is 106 Å². The minimum atomic E-state index is 0.605. The fraction of sp³-hybridized carbons (Fsp3) is 0.0769. The summed E-state index contributed by atoms with van der Waals surface area (Å²) in [5.41, 5.74) is 6.97. The predicted molar refractivity (Wildman–Crippen MR) is 116 cm³/mol. The van der Waals surface area contributed by atoms with Gasteiger partial charge in [0.2, 0.25) is 0 Å². The van der Waals surface area contributed by atoms with E-state index in [0.29, 0.717) is 11.1 Å². The SMILES string of the molecule is Cc1ccccc1/C(C#N)=C/c1ccccc1/C=C(\C#N)c1ccccc1C. The first-order valence-corrected chi connectivity index (χ1v) is 9.08. The van der Waals surface area contributed by atoms with Gasteiger partial charge < -0.3 is 0 Å². The Balaban J connectivity index is 2.12. The van der Waals surface area contributed by atoms with Crippen molar-refractivity contribution in [1.82, 2.24) is 0 Å². The molecule has 0 saturated heterocycles. The molecule has 134 valence electrons. The van der Waals surface area contributed by atoms with Crippen LogP contribution in [-0.4, -0.2) is 0 Å². The van der Waals surface area contributed by atoms with E-state index in [1.807, 2.05) is 98.8 Å². The van der Waals surface area contributed by atoms with E-state index in [9.17, 15) is 10.5 Å². The predicted octanol–water partition coefficient (Wildman–Crippen LogP) is 6.43. The highest BCUT2D eigenvalue weighted by molar-refractivity contribution is 5.96. The third kappa shape index (κ3) is 4.09. The van der Waals surface area contributed by atoms with E-state index in [0.717, 1.165) is 33.4 Å². The van der Waals surface area contributed by atoms with Gasteiger partial charge in [0.1, 0.15) is 0 Å². The van der Waals surface area contributed by atoms with Crippen molar-refractivity contribution in [3.63, 3.8) is 0 Å². The molecule has 0 saturated carbocycles. The Bertz CT molecular complexity index is 1060. The Morgan fingerprint density at radius 3 is 1.32 bits per heavy atom. The lowest BCUT2D eigenvalue weighted by atomic mass is 9.95. The Kier molecular flexibility index (Phi) is 5.85. The van der Waals surface area contributed by atoms with Crippen LogP contribution in [0.3, 0.4) is 0 Å². The molecule has 3 aromatic carbocycles. The molecule has 2 heteroatoms. The van der Waals surface area contributed by atoms with Gasteiger partial charge in [-0.1, -0.05) is 72.8 Å². The summed E-state index contributed by atoms with van der Waals surface area (Å²) in [4.78, 5) is 0. The van der Waals surface area contributed by atoms with Crippen molar-refractivity contribution in [2.45, 2.75) is 13.8 Å². The Hall–Kier alpha value is -3.88. The molecule has 0 aromatic heterocycles. The Morgan fingerprint density at radius 2 is 0.964 bits per heavy atom. The molecule has 0 aliphatic carbocycles. The highest BCUT2D eigenvalue weighted by Gasteiger charge is 2.08. The fourth-order valence-electron chi connectivity index (χ4n) is 3.18. The first kappa shape index (κ1) is 18.9. The van der Waals surface area contributed by atoms with E-state index in [2.05, 4.69) is 12.1 Å². The summed E-state index contributed by atoms with van der Waals surface area (Å²) in [6, 6.07) is 28.2. The summed E-state index contributed by atoms with van der Waals surface area (Å²) in [6.07, 6.45) is 3.78. The number of allylic oxidation sites excluding steroid dienone is 2. The van der Waals surface area contributed by atoms with Gasteiger partial charge in [-0.15, -0.1) is 0 Å². The van der Waals surface area contributed by atoms with Gasteiger partial charge in [0.05, 0.1) is 23.3 Å². The largest absolute Gasteiger partial charge is 0.192 e. The van der Waals surface area contributed by atoms with Crippen molar-refractivity contribution in [2.75, 3.05) is 0 Å². The lowest BCUT2D eigenvalue weighted by Crippen LogP contribution is -1.90. The maximum atomic E-state index is 9.71. The Morgan fingerprint density at radius 1 is 0.607 bits per heavy atom. The molecule has 0 N–H and O–H groups in total. The summed E-state index contributed by atoms with van der Waals surface area (Å²) >= 11 is 0. The zero-order valence-corrected chi connectivity index (χ0v) is 16.0. The van der Waals surface area contributed by atoms with Gasteiger partial charge in [-0.05, 0) is 59.4 Å². The molecule has 2 nitrogen and oxygen atoms in total. The van der Waals surface area contributed by atoms with E-state index in [4.69, 9.17) is 0 Å². The molecule has 0 aliphatic rings. The number of rotatable bonds is 4. The normalized spacial score (nSPS) is 11.6. The molecule has 0 atom stereocenters. The molecule has 3 rings (SSSR count). The van der Waals surface area contributed by atoms with Gasteiger partial charge in [0.25, 0.3) is 0 Å². The van der Waals surface area contributed by atoms with Crippen molar-refractivity contribution in [1.29, 1.82) is 10.5 Å². The fourth-order valence-corrected chi connectivity index (χ4v) is 3.18. The molecule has 0 heterocycles. The van der Waals surface area contributed by atoms with Gasteiger partial charge in [-0.3, -0.25) is 0 Å². The molecular formula is C26H20N2. The molecule has 28 heavy (non-hydrogen) atoms. The van der Waals surface area contributed by atoms with Crippen molar-refractivity contribution >= 4 is 23.3 Å². The van der Waals surface area contributed by atoms with Gasteiger partial charge in [-0.25, -0.2) is 0 Å². The standard InChI is InChI=1S/C26H20N2/c1-19-9-3-7-13-25(19)23(17-27)15-21-11-5-6-12-22(21)16-24(18-28)26-14-8-4-10-20(26)2/h3-16H,1-2H3/b23-15+,24-16+. The van der Waals surface area contributed by atoms with E-state index < -0.39 is 0 Å². The number of hydrogen-bond donors (Lipinski definition) is 0. The average molecular weight is 360 g/mol. The first-order chi connectivity index (χ1) is 13.6. The number of aryl methyl sites for hydroxylation is 2. The minimum Gasteiger partial charge on any atom is -0.192 e. The Labute approximate surface area is 166 Å². The average Bonchev–Trinajstić information content (AvgIpc) is 2.72. The minimum absolute atomic E-state index is 0.605. The smallest absolute Gasteiger partial charge is 0.0998 e. The van der Waals surface area contributed by atoms with Crippen LogP contribution in [0.15, 0.2) is 72.8 Å². The highest BCUT2D eigenvalue weighted by atomic mass is 14.3. The molecule has 0 aliphatic heterocycles. The number of hydrogen-bond acceptors (Lipinski definition) is 2. The van der Waals surface area contributed by atoms with Crippen LogP contribution in [0.4, 0.5) is 0 Å². The van der Waals surface area contributed by atoms with Crippen LogP contribution in [0.1, 0.15) is 33.4 Å².